The Balaban J connectivity index is 0.00000529. The molecule has 0 fully saturated rings. The summed E-state index contributed by atoms with van der Waals surface area (Å²) in [5, 5.41) is 2.71. The van der Waals surface area contributed by atoms with Gasteiger partial charge in [0, 0.05) is 12.6 Å². The van der Waals surface area contributed by atoms with Gasteiger partial charge in [0.2, 0.25) is 0 Å². The molecule has 1 aromatic carbocycles. The third-order valence-electron chi connectivity index (χ3n) is 3.40. The van der Waals surface area contributed by atoms with E-state index in [1.165, 1.54) is 25.1 Å². The van der Waals surface area contributed by atoms with Crippen molar-refractivity contribution in [1.29, 1.82) is 0 Å². The topological polar surface area (TPSA) is 64.3 Å². The molecule has 0 saturated carbocycles. The highest BCUT2D eigenvalue weighted by molar-refractivity contribution is 5.85. The van der Waals surface area contributed by atoms with Gasteiger partial charge in [-0.25, -0.2) is 0 Å². The zero-order valence-corrected chi connectivity index (χ0v) is 14.5. The van der Waals surface area contributed by atoms with Crippen molar-refractivity contribution in [2.24, 2.45) is 5.73 Å². The van der Waals surface area contributed by atoms with Crippen molar-refractivity contribution in [2.45, 2.75) is 51.4 Å². The lowest BCUT2D eigenvalue weighted by atomic mass is 10.1. The first-order valence-electron chi connectivity index (χ1n) is 7.62. The molecule has 0 bridgehead atoms. The van der Waals surface area contributed by atoms with E-state index in [2.05, 4.69) is 5.32 Å². The quantitative estimate of drug-likeness (QED) is 0.737. The second kappa shape index (κ2) is 10.4. The van der Waals surface area contributed by atoms with Crippen molar-refractivity contribution in [2.75, 3.05) is 6.54 Å². The maximum absolute atomic E-state index is 12.9. The number of rotatable bonds is 8. The average Bonchev–Trinajstić information content (AvgIpc) is 2.50. The molecule has 1 aromatic rings. The summed E-state index contributed by atoms with van der Waals surface area (Å²) in [5.74, 6) is -0.839. The Morgan fingerprint density at radius 2 is 1.96 bits per heavy atom. The maximum Gasteiger partial charge on any atom is 0.419 e. The Bertz CT molecular complexity index is 512. The minimum Gasteiger partial charge on any atom is -0.480 e. The summed E-state index contributed by atoms with van der Waals surface area (Å²) in [7, 11) is 0. The van der Waals surface area contributed by atoms with Crippen LogP contribution in [0.15, 0.2) is 24.3 Å². The molecule has 3 N–H and O–H groups in total. The molecule has 24 heavy (non-hydrogen) atoms. The number of para-hydroxylation sites is 1. The van der Waals surface area contributed by atoms with Crippen LogP contribution in [0.3, 0.4) is 0 Å². The van der Waals surface area contributed by atoms with Gasteiger partial charge in [-0.2, -0.15) is 13.2 Å². The third kappa shape index (κ3) is 6.97. The number of carbonyl (C=O) groups is 1. The number of nitrogens with one attached hydrogen (secondary N) is 1. The van der Waals surface area contributed by atoms with Crippen LogP contribution >= 0.6 is 12.4 Å². The van der Waals surface area contributed by atoms with Gasteiger partial charge in [0.15, 0.2) is 6.10 Å². The van der Waals surface area contributed by atoms with Crippen molar-refractivity contribution in [3.63, 3.8) is 0 Å². The van der Waals surface area contributed by atoms with E-state index in [1.54, 1.807) is 0 Å². The number of benzene rings is 1. The summed E-state index contributed by atoms with van der Waals surface area (Å²) in [4.78, 5) is 12.1. The lowest BCUT2D eigenvalue weighted by molar-refractivity contribution is -0.140. The number of alkyl halides is 3. The van der Waals surface area contributed by atoms with Crippen molar-refractivity contribution in [3.05, 3.63) is 29.8 Å². The van der Waals surface area contributed by atoms with Crippen LogP contribution in [0.5, 0.6) is 5.75 Å². The Morgan fingerprint density at radius 1 is 1.33 bits per heavy atom. The Kier molecular flexibility index (Phi) is 9.77. The number of carbonyl (C=O) groups excluding carboxylic acids is 1. The highest BCUT2D eigenvalue weighted by Crippen LogP contribution is 2.36. The van der Waals surface area contributed by atoms with Crippen LogP contribution in [0.2, 0.25) is 0 Å². The maximum atomic E-state index is 12.9. The Morgan fingerprint density at radius 3 is 2.50 bits per heavy atom. The fourth-order valence-corrected chi connectivity index (χ4v) is 2.07. The van der Waals surface area contributed by atoms with Gasteiger partial charge >= 0.3 is 6.18 Å². The summed E-state index contributed by atoms with van der Waals surface area (Å²) in [6, 6.07) is 4.62. The summed E-state index contributed by atoms with van der Waals surface area (Å²) >= 11 is 0. The highest BCUT2D eigenvalue weighted by Gasteiger charge is 2.34. The van der Waals surface area contributed by atoms with Gasteiger partial charge in [-0.05, 0) is 25.5 Å². The van der Waals surface area contributed by atoms with Crippen LogP contribution in [-0.4, -0.2) is 24.6 Å². The van der Waals surface area contributed by atoms with Gasteiger partial charge < -0.3 is 15.8 Å². The van der Waals surface area contributed by atoms with E-state index >= 15 is 0 Å². The molecule has 2 atom stereocenters. The van der Waals surface area contributed by atoms with Gasteiger partial charge in [0.25, 0.3) is 5.91 Å². The number of hydrogen-bond donors (Lipinski definition) is 2. The molecule has 0 aromatic heterocycles. The van der Waals surface area contributed by atoms with E-state index in [0.29, 0.717) is 0 Å². The summed E-state index contributed by atoms with van der Waals surface area (Å²) in [6.45, 7) is 3.71. The largest absolute Gasteiger partial charge is 0.480 e. The van der Waals surface area contributed by atoms with Gasteiger partial charge in [-0.3, -0.25) is 4.79 Å². The molecule has 0 aliphatic carbocycles. The van der Waals surface area contributed by atoms with E-state index in [1.807, 2.05) is 6.92 Å². The molecule has 0 spiro atoms. The van der Waals surface area contributed by atoms with E-state index in [0.717, 1.165) is 25.3 Å². The van der Waals surface area contributed by atoms with Gasteiger partial charge in [0.1, 0.15) is 5.75 Å². The number of nitrogens with two attached hydrogens (primary N) is 1. The van der Waals surface area contributed by atoms with Crippen LogP contribution in [0.4, 0.5) is 13.2 Å². The average molecular weight is 369 g/mol. The van der Waals surface area contributed by atoms with Crippen LogP contribution in [0, 0.1) is 0 Å². The van der Waals surface area contributed by atoms with Gasteiger partial charge in [-0.15, -0.1) is 12.4 Å². The van der Waals surface area contributed by atoms with Crippen LogP contribution in [0.1, 0.15) is 38.7 Å². The smallest absolute Gasteiger partial charge is 0.419 e. The minimum absolute atomic E-state index is 0. The number of ether oxygens (including phenoxy) is 1. The molecule has 0 aliphatic rings. The van der Waals surface area contributed by atoms with Crippen molar-refractivity contribution >= 4 is 18.3 Å². The summed E-state index contributed by atoms with van der Waals surface area (Å²) < 4.78 is 43.9. The lowest BCUT2D eigenvalue weighted by Crippen LogP contribution is -2.45. The fraction of sp³-hybridized carbons (Fsp3) is 0.562. The fourth-order valence-electron chi connectivity index (χ4n) is 2.07. The molecule has 1 rings (SSSR count). The second-order valence-electron chi connectivity index (χ2n) is 5.34. The number of unbranched alkanes of at least 4 members (excludes halogenated alkanes) is 1. The molecule has 0 aliphatic heterocycles. The number of hydrogen-bond acceptors (Lipinski definition) is 3. The van der Waals surface area contributed by atoms with E-state index in [4.69, 9.17) is 10.5 Å². The summed E-state index contributed by atoms with van der Waals surface area (Å²) in [6.07, 6.45) is -2.97. The zero-order chi connectivity index (χ0) is 17.5. The van der Waals surface area contributed by atoms with E-state index < -0.39 is 23.8 Å². The van der Waals surface area contributed by atoms with Gasteiger partial charge in [-0.1, -0.05) is 31.9 Å². The highest BCUT2D eigenvalue weighted by atomic mass is 35.5. The molecular weight excluding hydrogens is 345 g/mol. The normalized spacial score (nSPS) is 13.6. The van der Waals surface area contributed by atoms with E-state index in [-0.39, 0.29) is 30.7 Å². The van der Waals surface area contributed by atoms with Crippen LogP contribution in [0.25, 0.3) is 0 Å². The van der Waals surface area contributed by atoms with Crippen molar-refractivity contribution < 1.29 is 22.7 Å². The molecule has 138 valence electrons. The molecule has 1 amide bonds. The first-order valence-corrected chi connectivity index (χ1v) is 7.62. The second-order valence-corrected chi connectivity index (χ2v) is 5.34. The summed E-state index contributed by atoms with van der Waals surface area (Å²) in [5.41, 5.74) is 4.69. The number of halogens is 4. The zero-order valence-electron chi connectivity index (χ0n) is 13.7. The molecule has 8 heteroatoms. The molecule has 4 nitrogen and oxygen atoms in total. The first-order chi connectivity index (χ1) is 10.8. The molecular formula is C16H24ClF3N2O2. The Hall–Kier alpha value is -1.47. The van der Waals surface area contributed by atoms with Crippen molar-refractivity contribution in [3.8, 4) is 5.75 Å². The number of amides is 1. The molecule has 2 unspecified atom stereocenters. The minimum atomic E-state index is -4.53. The molecule has 0 radical (unpaired) electrons. The SMILES string of the molecule is CCCCC(CN)NC(=O)C(C)Oc1ccccc1C(F)(F)F.Cl. The Labute approximate surface area is 146 Å². The molecule has 0 heterocycles. The lowest BCUT2D eigenvalue weighted by Gasteiger charge is -2.21. The van der Waals surface area contributed by atoms with E-state index in [9.17, 15) is 18.0 Å². The monoisotopic (exact) mass is 368 g/mol. The van der Waals surface area contributed by atoms with Crippen molar-refractivity contribution in [1.82, 2.24) is 5.32 Å². The molecule has 0 saturated heterocycles. The first kappa shape index (κ1) is 22.5. The predicted molar refractivity (Wildman–Crippen MR) is 89.3 cm³/mol. The predicted octanol–water partition coefficient (Wildman–Crippen LogP) is 3.53. The standard InChI is InChI=1S/C16H23F3N2O2.ClH/c1-3-4-7-12(10-20)21-15(22)11(2)23-14-9-6-5-8-13(14)16(17,18)19;/h5-6,8-9,11-12H,3-4,7,10,20H2,1-2H3,(H,21,22);1H. The van der Waals surface area contributed by atoms with Crippen LogP contribution in [-0.2, 0) is 11.0 Å². The van der Waals surface area contributed by atoms with Gasteiger partial charge in [0.05, 0.1) is 5.56 Å². The van der Waals surface area contributed by atoms with Crippen LogP contribution < -0.4 is 15.8 Å². The third-order valence-corrected chi connectivity index (χ3v) is 3.40.